The van der Waals surface area contributed by atoms with Crippen molar-refractivity contribution in [1.29, 1.82) is 0 Å². The summed E-state index contributed by atoms with van der Waals surface area (Å²) in [6, 6.07) is 0. The van der Waals surface area contributed by atoms with Crippen LogP contribution in [0.25, 0.3) is 10.2 Å². The first-order valence-corrected chi connectivity index (χ1v) is 7.37. The molecule has 2 aromatic rings. The maximum Gasteiger partial charge on any atom is 0.144 e. The summed E-state index contributed by atoms with van der Waals surface area (Å²) >= 11 is 6.19. The molecule has 1 atom stereocenters. The number of hydrogen-bond acceptors (Lipinski definition) is 6. The second kappa shape index (κ2) is 8.27. The lowest BCUT2D eigenvalue weighted by atomic mass is 10.1. The lowest BCUT2D eigenvalue weighted by Crippen LogP contribution is -2.16. The first-order chi connectivity index (χ1) is 9.26. The number of fused-ring (bicyclic) bond motifs is 1. The zero-order valence-electron chi connectivity index (χ0n) is 11.0. The number of rotatable bonds is 5. The summed E-state index contributed by atoms with van der Waals surface area (Å²) in [5.74, 6) is 0.525. The average Bonchev–Trinajstić information content (AvgIpc) is 2.87. The molecule has 2 aromatic heterocycles. The van der Waals surface area contributed by atoms with Crippen LogP contribution in [-0.4, -0.2) is 41.3 Å². The molecule has 0 fully saturated rings. The van der Waals surface area contributed by atoms with Crippen LogP contribution in [0.15, 0.2) is 11.7 Å². The number of nitrogens with two attached hydrogens (primary N) is 1. The fourth-order valence-electron chi connectivity index (χ4n) is 1.70. The number of anilines is 1. The largest absolute Gasteiger partial charge is 0.394 e. The van der Waals surface area contributed by atoms with Crippen molar-refractivity contribution in [2.75, 3.05) is 25.8 Å². The number of nitrogen functional groups attached to an aromatic ring is 1. The SMILES string of the molecule is CCl.COC(CO)CCc1csc2c(N)ncnc12. The monoisotopic (exact) mass is 303 g/mol. The van der Waals surface area contributed by atoms with E-state index in [9.17, 15) is 0 Å². The predicted octanol–water partition coefficient (Wildman–Crippen LogP) is 2.07. The van der Waals surface area contributed by atoms with Gasteiger partial charge >= 0.3 is 0 Å². The molecule has 0 aromatic carbocycles. The van der Waals surface area contributed by atoms with Gasteiger partial charge < -0.3 is 15.6 Å². The van der Waals surface area contributed by atoms with Gasteiger partial charge in [-0.25, -0.2) is 9.97 Å². The number of halogens is 1. The van der Waals surface area contributed by atoms with E-state index in [0.29, 0.717) is 5.82 Å². The molecule has 5 nitrogen and oxygen atoms in total. The van der Waals surface area contributed by atoms with Gasteiger partial charge in [-0.2, -0.15) is 0 Å². The topological polar surface area (TPSA) is 81.3 Å². The van der Waals surface area contributed by atoms with E-state index in [1.807, 2.05) is 5.38 Å². The standard InChI is InChI=1S/C11H15N3O2S.CH3Cl/c1-16-8(4-15)3-2-7-5-17-10-9(7)13-6-14-11(10)12;1-2/h5-6,8,15H,2-4H2,1H3,(H2,12,13,14);1H3. The van der Waals surface area contributed by atoms with Crippen LogP contribution in [-0.2, 0) is 11.2 Å². The van der Waals surface area contributed by atoms with Crippen LogP contribution in [0, 0.1) is 0 Å². The zero-order valence-corrected chi connectivity index (χ0v) is 12.5. The molecular weight excluding hydrogens is 286 g/mol. The second-order valence-corrected chi connectivity index (χ2v) is 4.66. The molecule has 0 aliphatic rings. The second-order valence-electron chi connectivity index (χ2n) is 3.78. The van der Waals surface area contributed by atoms with Crippen molar-refractivity contribution in [1.82, 2.24) is 9.97 Å². The van der Waals surface area contributed by atoms with Gasteiger partial charge in [0.2, 0.25) is 0 Å². The van der Waals surface area contributed by atoms with Gasteiger partial charge in [-0.15, -0.1) is 22.9 Å². The van der Waals surface area contributed by atoms with Crippen LogP contribution in [0.3, 0.4) is 0 Å². The molecule has 1 unspecified atom stereocenters. The maximum atomic E-state index is 9.04. The Morgan fingerprint density at radius 1 is 1.47 bits per heavy atom. The Kier molecular flexibility index (Phi) is 7.01. The molecule has 0 saturated carbocycles. The van der Waals surface area contributed by atoms with E-state index in [2.05, 4.69) is 21.6 Å². The third-order valence-electron chi connectivity index (χ3n) is 2.73. The van der Waals surface area contributed by atoms with Crippen molar-refractivity contribution in [2.45, 2.75) is 18.9 Å². The number of methoxy groups -OCH3 is 1. The molecule has 0 aliphatic carbocycles. The van der Waals surface area contributed by atoms with Gasteiger partial charge in [-0.1, -0.05) is 0 Å². The summed E-state index contributed by atoms with van der Waals surface area (Å²) in [7, 11) is 1.60. The summed E-state index contributed by atoms with van der Waals surface area (Å²) in [5.41, 5.74) is 7.82. The highest BCUT2D eigenvalue weighted by atomic mass is 35.5. The Labute approximate surface area is 121 Å². The van der Waals surface area contributed by atoms with Crippen LogP contribution in [0.5, 0.6) is 0 Å². The highest BCUT2D eigenvalue weighted by Crippen LogP contribution is 2.28. The summed E-state index contributed by atoms with van der Waals surface area (Å²) in [5, 5.41) is 11.1. The summed E-state index contributed by atoms with van der Waals surface area (Å²) in [6.07, 6.45) is 4.41. The van der Waals surface area contributed by atoms with Crippen LogP contribution >= 0.6 is 22.9 Å². The van der Waals surface area contributed by atoms with Gasteiger partial charge in [-0.05, 0) is 23.8 Å². The molecular formula is C12H18ClN3O2S. The average molecular weight is 304 g/mol. The Hall–Kier alpha value is -0.950. The van der Waals surface area contributed by atoms with Crippen molar-refractivity contribution in [3.63, 3.8) is 0 Å². The third kappa shape index (κ3) is 4.01. The molecule has 19 heavy (non-hydrogen) atoms. The van der Waals surface area contributed by atoms with Crippen LogP contribution in [0.2, 0.25) is 0 Å². The fourth-order valence-corrected chi connectivity index (χ4v) is 2.65. The van der Waals surface area contributed by atoms with Gasteiger partial charge in [0.15, 0.2) is 0 Å². The minimum atomic E-state index is -0.121. The molecule has 2 heterocycles. The zero-order chi connectivity index (χ0) is 14.3. The van der Waals surface area contributed by atoms with E-state index in [4.69, 9.17) is 15.6 Å². The van der Waals surface area contributed by atoms with Crippen LogP contribution in [0.4, 0.5) is 5.82 Å². The number of hydrogen-bond donors (Lipinski definition) is 2. The van der Waals surface area contributed by atoms with Gasteiger partial charge in [0, 0.05) is 13.5 Å². The lowest BCUT2D eigenvalue weighted by molar-refractivity contribution is 0.0436. The van der Waals surface area contributed by atoms with E-state index < -0.39 is 0 Å². The fraction of sp³-hybridized carbons (Fsp3) is 0.500. The number of ether oxygens (including phenoxy) is 1. The minimum absolute atomic E-state index is 0.0374. The number of aryl methyl sites for hydroxylation is 1. The lowest BCUT2D eigenvalue weighted by Gasteiger charge is -2.10. The Balaban J connectivity index is 0.000000861. The number of aliphatic hydroxyl groups is 1. The molecule has 0 bridgehead atoms. The van der Waals surface area contributed by atoms with E-state index in [-0.39, 0.29) is 12.7 Å². The molecule has 0 radical (unpaired) electrons. The Bertz CT molecular complexity index is 503. The summed E-state index contributed by atoms with van der Waals surface area (Å²) in [6.45, 7) is 0.0374. The van der Waals surface area contributed by atoms with Gasteiger partial charge in [0.1, 0.15) is 12.1 Å². The maximum absolute atomic E-state index is 9.04. The summed E-state index contributed by atoms with van der Waals surface area (Å²) in [4.78, 5) is 8.21. The van der Waals surface area contributed by atoms with E-state index in [0.717, 1.165) is 28.6 Å². The molecule has 3 N–H and O–H groups in total. The minimum Gasteiger partial charge on any atom is -0.394 e. The van der Waals surface area contributed by atoms with E-state index in [1.165, 1.54) is 12.7 Å². The van der Waals surface area contributed by atoms with Crippen molar-refractivity contribution < 1.29 is 9.84 Å². The van der Waals surface area contributed by atoms with Gasteiger partial charge in [0.25, 0.3) is 0 Å². The summed E-state index contributed by atoms with van der Waals surface area (Å²) < 4.78 is 6.06. The van der Waals surface area contributed by atoms with Crippen molar-refractivity contribution in [2.24, 2.45) is 0 Å². The van der Waals surface area contributed by atoms with Crippen LogP contribution < -0.4 is 5.73 Å². The molecule has 106 valence electrons. The normalized spacial score (nSPS) is 12.0. The number of thiophene rings is 1. The molecule has 0 saturated heterocycles. The molecule has 0 spiro atoms. The van der Waals surface area contributed by atoms with Crippen molar-refractivity contribution in [3.8, 4) is 0 Å². The first-order valence-electron chi connectivity index (χ1n) is 5.74. The van der Waals surface area contributed by atoms with Crippen molar-refractivity contribution >= 4 is 39.0 Å². The predicted molar refractivity (Wildman–Crippen MR) is 79.8 cm³/mol. The molecule has 2 rings (SSSR count). The van der Waals surface area contributed by atoms with E-state index >= 15 is 0 Å². The number of aromatic nitrogens is 2. The third-order valence-corrected chi connectivity index (χ3v) is 3.77. The Morgan fingerprint density at radius 3 is 2.84 bits per heavy atom. The van der Waals surface area contributed by atoms with E-state index in [1.54, 1.807) is 18.4 Å². The molecule has 0 amide bonds. The first kappa shape index (κ1) is 16.1. The van der Waals surface area contributed by atoms with Gasteiger partial charge in [0.05, 0.1) is 22.9 Å². The smallest absolute Gasteiger partial charge is 0.144 e. The van der Waals surface area contributed by atoms with Crippen molar-refractivity contribution in [3.05, 3.63) is 17.3 Å². The highest BCUT2D eigenvalue weighted by molar-refractivity contribution is 7.17. The Morgan fingerprint density at radius 2 is 2.21 bits per heavy atom. The molecule has 7 heteroatoms. The van der Waals surface area contributed by atoms with Gasteiger partial charge in [-0.3, -0.25) is 0 Å². The number of aliphatic hydroxyl groups excluding tert-OH is 1. The van der Waals surface area contributed by atoms with Crippen LogP contribution in [0.1, 0.15) is 12.0 Å². The number of nitrogens with zero attached hydrogens (tertiary/aromatic N) is 2. The number of alkyl halides is 1. The quantitative estimate of drug-likeness (QED) is 0.826. The highest BCUT2D eigenvalue weighted by Gasteiger charge is 2.11. The molecule has 0 aliphatic heterocycles.